The number of hydrogen-bond donors (Lipinski definition) is 0. The summed E-state index contributed by atoms with van der Waals surface area (Å²) in [5.41, 5.74) is 6.40. The van der Waals surface area contributed by atoms with Gasteiger partial charge < -0.3 is 4.90 Å². The number of nitrogens with zero attached hydrogens (tertiary/aromatic N) is 2. The lowest BCUT2D eigenvalue weighted by Gasteiger charge is -2.47. The lowest BCUT2D eigenvalue weighted by atomic mass is 9.64. The first-order valence-corrected chi connectivity index (χ1v) is 7.98. The van der Waals surface area contributed by atoms with Crippen LogP contribution in [0.1, 0.15) is 39.5 Å². The molecule has 4 rings (SSSR count). The van der Waals surface area contributed by atoms with Crippen LogP contribution in [-0.4, -0.2) is 23.2 Å². The van der Waals surface area contributed by atoms with Gasteiger partial charge in [0.25, 0.3) is 0 Å². The molecular formula is C17H21ClN2. The van der Waals surface area contributed by atoms with Gasteiger partial charge in [-0.1, -0.05) is 31.0 Å². The molecule has 2 heterocycles. The summed E-state index contributed by atoms with van der Waals surface area (Å²) in [7, 11) is 2.28. The van der Waals surface area contributed by atoms with Crippen molar-refractivity contribution in [1.29, 1.82) is 0 Å². The number of halogens is 1. The maximum absolute atomic E-state index is 6.37. The van der Waals surface area contributed by atoms with Crippen molar-refractivity contribution in [3.05, 3.63) is 34.7 Å². The highest BCUT2D eigenvalue weighted by molar-refractivity contribution is 6.65. The average Bonchev–Trinajstić information content (AvgIpc) is 2.71. The molecule has 3 atom stereocenters. The minimum absolute atomic E-state index is 0.146. The Labute approximate surface area is 125 Å². The summed E-state index contributed by atoms with van der Waals surface area (Å²) in [4.78, 5) is 6.96. The summed E-state index contributed by atoms with van der Waals surface area (Å²) in [6, 6.07) is 0.619. The van der Waals surface area contributed by atoms with E-state index in [2.05, 4.69) is 36.9 Å². The van der Waals surface area contributed by atoms with E-state index in [1.54, 1.807) is 16.8 Å². The van der Waals surface area contributed by atoms with E-state index in [1.807, 2.05) is 6.20 Å². The average molecular weight is 289 g/mol. The smallest absolute Gasteiger partial charge is 0.107 e. The van der Waals surface area contributed by atoms with E-state index in [4.69, 9.17) is 11.6 Å². The Balaban J connectivity index is 2.01. The highest BCUT2D eigenvalue weighted by Gasteiger charge is 2.50. The number of likely N-dealkylation sites (tertiary alicyclic amines) is 1. The lowest BCUT2D eigenvalue weighted by molar-refractivity contribution is 0.133. The van der Waals surface area contributed by atoms with Crippen molar-refractivity contribution < 1.29 is 0 Å². The van der Waals surface area contributed by atoms with E-state index in [0.717, 1.165) is 11.6 Å². The van der Waals surface area contributed by atoms with Crippen LogP contribution in [-0.2, 0) is 0 Å². The molecule has 0 radical (unpaired) electrons. The number of allylic oxidation sites excluding steroid dienone is 4. The van der Waals surface area contributed by atoms with Crippen molar-refractivity contribution in [2.45, 2.75) is 45.6 Å². The first-order valence-electron chi connectivity index (χ1n) is 7.60. The third-order valence-corrected chi connectivity index (χ3v) is 6.42. The summed E-state index contributed by atoms with van der Waals surface area (Å²) < 4.78 is 0. The van der Waals surface area contributed by atoms with Gasteiger partial charge >= 0.3 is 0 Å². The first-order chi connectivity index (χ1) is 9.52. The summed E-state index contributed by atoms with van der Waals surface area (Å²) in [5.74, 6) is 0.600. The second kappa shape index (κ2) is 4.00. The molecule has 3 unspecified atom stereocenters. The Morgan fingerprint density at radius 3 is 3.00 bits per heavy atom. The molecule has 4 aliphatic rings. The predicted octanol–water partition coefficient (Wildman–Crippen LogP) is 4.25. The zero-order valence-electron chi connectivity index (χ0n) is 12.4. The quantitative estimate of drug-likeness (QED) is 0.651. The molecule has 0 N–H and O–H groups in total. The van der Waals surface area contributed by atoms with Crippen molar-refractivity contribution in [3.8, 4) is 0 Å². The van der Waals surface area contributed by atoms with Gasteiger partial charge in [0.2, 0.25) is 0 Å². The van der Waals surface area contributed by atoms with Crippen molar-refractivity contribution in [3.63, 3.8) is 0 Å². The largest absolute Gasteiger partial charge is 0.374 e. The third kappa shape index (κ3) is 1.43. The van der Waals surface area contributed by atoms with Gasteiger partial charge in [0.15, 0.2) is 0 Å². The van der Waals surface area contributed by atoms with Crippen molar-refractivity contribution in [2.24, 2.45) is 16.3 Å². The fourth-order valence-electron chi connectivity index (χ4n) is 4.84. The monoisotopic (exact) mass is 288 g/mol. The summed E-state index contributed by atoms with van der Waals surface area (Å²) in [5, 5.41) is 0.752. The fourth-order valence-corrected chi connectivity index (χ4v) is 5.18. The van der Waals surface area contributed by atoms with Crippen LogP contribution < -0.4 is 0 Å². The van der Waals surface area contributed by atoms with Crippen LogP contribution in [0.2, 0.25) is 0 Å². The van der Waals surface area contributed by atoms with Crippen LogP contribution in [0, 0.1) is 11.3 Å². The molecular weight excluding hydrogens is 268 g/mol. The number of fused-ring (bicyclic) bond motifs is 1. The van der Waals surface area contributed by atoms with Crippen LogP contribution in [0.4, 0.5) is 0 Å². The molecule has 2 aliphatic heterocycles. The van der Waals surface area contributed by atoms with Crippen LogP contribution in [0.15, 0.2) is 39.7 Å². The molecule has 0 saturated carbocycles. The molecule has 0 aromatic carbocycles. The molecule has 2 aliphatic carbocycles. The van der Waals surface area contributed by atoms with Gasteiger partial charge in [0.05, 0.1) is 0 Å². The maximum Gasteiger partial charge on any atom is 0.107 e. The number of aliphatic imine (C=N–C) groups is 1. The highest BCUT2D eigenvalue weighted by atomic mass is 35.5. The molecule has 0 spiro atoms. The molecule has 2 nitrogen and oxygen atoms in total. The Morgan fingerprint density at radius 2 is 2.20 bits per heavy atom. The minimum Gasteiger partial charge on any atom is -0.374 e. The fraction of sp³-hybridized carbons (Fsp3) is 0.588. The molecule has 0 fully saturated rings. The lowest BCUT2D eigenvalue weighted by Crippen LogP contribution is -2.44. The second-order valence-electron chi connectivity index (χ2n) is 6.90. The SMILES string of the molecule is CC1C2CC3=C(CCC4=C3C=CN=C(Cl)CC41C)N2C. The zero-order chi connectivity index (χ0) is 14.1. The predicted molar refractivity (Wildman–Crippen MR) is 83.8 cm³/mol. The Kier molecular flexibility index (Phi) is 2.54. The minimum atomic E-state index is 0.146. The molecule has 5 bridgehead atoms. The molecule has 0 amide bonds. The van der Waals surface area contributed by atoms with Crippen LogP contribution in [0.25, 0.3) is 0 Å². The number of rotatable bonds is 0. The number of hydrogen-bond acceptors (Lipinski definition) is 2. The Hall–Kier alpha value is -1.02. The van der Waals surface area contributed by atoms with E-state index in [1.165, 1.54) is 24.8 Å². The molecule has 0 saturated heterocycles. The molecule has 106 valence electrons. The summed E-state index contributed by atoms with van der Waals surface area (Å²) >= 11 is 6.37. The summed E-state index contributed by atoms with van der Waals surface area (Å²) in [6.45, 7) is 4.82. The maximum atomic E-state index is 6.37. The van der Waals surface area contributed by atoms with E-state index in [-0.39, 0.29) is 5.41 Å². The van der Waals surface area contributed by atoms with E-state index < -0.39 is 0 Å². The van der Waals surface area contributed by atoms with Crippen LogP contribution in [0.5, 0.6) is 0 Å². The second-order valence-corrected chi connectivity index (χ2v) is 7.34. The van der Waals surface area contributed by atoms with Crippen LogP contribution in [0.3, 0.4) is 0 Å². The van der Waals surface area contributed by atoms with Crippen molar-refractivity contribution >= 4 is 16.8 Å². The van der Waals surface area contributed by atoms with Gasteiger partial charge in [0, 0.05) is 36.8 Å². The van der Waals surface area contributed by atoms with E-state index >= 15 is 0 Å². The Morgan fingerprint density at radius 1 is 1.40 bits per heavy atom. The zero-order valence-corrected chi connectivity index (χ0v) is 13.2. The normalized spacial score (nSPS) is 39.0. The van der Waals surface area contributed by atoms with Gasteiger partial charge in [-0.05, 0) is 42.4 Å². The third-order valence-electron chi connectivity index (χ3n) is 6.19. The van der Waals surface area contributed by atoms with E-state index in [9.17, 15) is 0 Å². The van der Waals surface area contributed by atoms with Gasteiger partial charge in [-0.15, -0.1) is 0 Å². The van der Waals surface area contributed by atoms with Crippen molar-refractivity contribution in [1.82, 2.24) is 4.90 Å². The molecule has 20 heavy (non-hydrogen) atoms. The first kappa shape index (κ1) is 12.7. The molecule has 0 aromatic rings. The Bertz CT molecular complexity index is 610. The van der Waals surface area contributed by atoms with Gasteiger partial charge in [-0.25, -0.2) is 4.99 Å². The summed E-state index contributed by atoms with van der Waals surface area (Å²) in [6.07, 6.45) is 8.57. The van der Waals surface area contributed by atoms with Gasteiger partial charge in [-0.3, -0.25) is 0 Å². The van der Waals surface area contributed by atoms with E-state index in [0.29, 0.717) is 12.0 Å². The standard InChI is InChI=1S/C17H21ClN2/c1-10-15-8-12-11-6-7-19-16(18)9-17(10,2)13(11)4-5-14(12)20(15)3/h6-7,10,15H,4-5,8-9H2,1-3H3. The van der Waals surface area contributed by atoms with Crippen LogP contribution >= 0.6 is 11.6 Å². The molecule has 3 heteroatoms. The van der Waals surface area contributed by atoms with Crippen molar-refractivity contribution in [2.75, 3.05) is 7.05 Å². The molecule has 0 aromatic heterocycles. The van der Waals surface area contributed by atoms with Gasteiger partial charge in [0.1, 0.15) is 5.17 Å². The topological polar surface area (TPSA) is 15.6 Å². The highest BCUT2D eigenvalue weighted by Crippen LogP contribution is 2.57. The van der Waals surface area contributed by atoms with Gasteiger partial charge in [-0.2, -0.15) is 0 Å².